The average molecular weight is 333 g/mol. The number of nitrogens with one attached hydrogen (secondary N) is 1. The zero-order valence-corrected chi connectivity index (χ0v) is 14.0. The summed E-state index contributed by atoms with van der Waals surface area (Å²) in [6.07, 6.45) is 5.33. The fraction of sp³-hybridized carbons (Fsp3) is 0.556. The van der Waals surface area contributed by atoms with E-state index in [4.69, 9.17) is 9.47 Å². The van der Waals surface area contributed by atoms with Crippen LogP contribution in [0.4, 0.5) is 5.69 Å². The minimum atomic E-state index is -1.12. The van der Waals surface area contributed by atoms with Crippen LogP contribution in [0.1, 0.15) is 42.5 Å². The minimum Gasteiger partial charge on any atom is -0.493 e. The number of carboxylic acids is 1. The molecule has 2 N–H and O–H groups in total. The van der Waals surface area contributed by atoms with E-state index in [-0.39, 0.29) is 17.2 Å². The SMILES string of the molecule is COc1cc(NC(=O)C[C@H]2C[C@H]3CC[C@H]2C3)c(C(=O)O)cc1OC. The molecule has 2 aliphatic rings. The summed E-state index contributed by atoms with van der Waals surface area (Å²) in [5.74, 6) is 1.32. The van der Waals surface area contributed by atoms with Gasteiger partial charge < -0.3 is 19.9 Å². The lowest BCUT2D eigenvalue weighted by Crippen LogP contribution is -2.21. The maximum Gasteiger partial charge on any atom is 0.337 e. The number of anilines is 1. The summed E-state index contributed by atoms with van der Waals surface area (Å²) < 4.78 is 10.3. The van der Waals surface area contributed by atoms with Crippen molar-refractivity contribution in [3.8, 4) is 11.5 Å². The van der Waals surface area contributed by atoms with Gasteiger partial charge in [0.25, 0.3) is 0 Å². The van der Waals surface area contributed by atoms with Crippen molar-refractivity contribution < 1.29 is 24.2 Å². The predicted octanol–water partition coefficient (Wildman–Crippen LogP) is 3.17. The highest BCUT2D eigenvalue weighted by atomic mass is 16.5. The van der Waals surface area contributed by atoms with Gasteiger partial charge >= 0.3 is 5.97 Å². The molecule has 130 valence electrons. The number of methoxy groups -OCH3 is 2. The van der Waals surface area contributed by atoms with Crippen LogP contribution in [0.25, 0.3) is 0 Å². The van der Waals surface area contributed by atoms with Crippen LogP contribution in [0.15, 0.2) is 12.1 Å². The van der Waals surface area contributed by atoms with E-state index in [1.807, 2.05) is 0 Å². The first-order valence-electron chi connectivity index (χ1n) is 8.31. The summed E-state index contributed by atoms with van der Waals surface area (Å²) in [6, 6.07) is 2.87. The van der Waals surface area contributed by atoms with Crippen LogP contribution >= 0.6 is 0 Å². The van der Waals surface area contributed by atoms with Gasteiger partial charge in [0.1, 0.15) is 0 Å². The topological polar surface area (TPSA) is 84.9 Å². The van der Waals surface area contributed by atoms with Crippen molar-refractivity contribution in [2.45, 2.75) is 32.1 Å². The molecule has 0 spiro atoms. The van der Waals surface area contributed by atoms with Gasteiger partial charge in [-0.25, -0.2) is 4.79 Å². The van der Waals surface area contributed by atoms with E-state index >= 15 is 0 Å². The fourth-order valence-electron chi connectivity index (χ4n) is 4.23. The minimum absolute atomic E-state index is 0.00561. The lowest BCUT2D eigenvalue weighted by Gasteiger charge is -2.21. The number of rotatable bonds is 6. The normalized spacial score (nSPS) is 24.7. The third-order valence-electron chi connectivity index (χ3n) is 5.36. The van der Waals surface area contributed by atoms with E-state index in [0.29, 0.717) is 29.8 Å². The van der Waals surface area contributed by atoms with Gasteiger partial charge in [0.05, 0.1) is 25.5 Å². The Balaban J connectivity index is 1.75. The van der Waals surface area contributed by atoms with Gasteiger partial charge in [0.2, 0.25) is 5.91 Å². The van der Waals surface area contributed by atoms with Gasteiger partial charge in [-0.2, -0.15) is 0 Å². The number of aromatic carboxylic acids is 1. The number of ether oxygens (including phenoxy) is 2. The summed E-state index contributed by atoms with van der Waals surface area (Å²) >= 11 is 0. The molecule has 6 heteroatoms. The zero-order valence-electron chi connectivity index (χ0n) is 14.0. The molecule has 2 aliphatic carbocycles. The first-order chi connectivity index (χ1) is 11.5. The maximum atomic E-state index is 12.4. The Morgan fingerprint density at radius 2 is 1.88 bits per heavy atom. The fourth-order valence-corrected chi connectivity index (χ4v) is 4.23. The molecule has 3 atom stereocenters. The lowest BCUT2D eigenvalue weighted by molar-refractivity contribution is -0.117. The smallest absolute Gasteiger partial charge is 0.337 e. The Labute approximate surface area is 141 Å². The molecule has 0 radical (unpaired) electrons. The Bertz CT molecular complexity index is 657. The van der Waals surface area contributed by atoms with Crippen molar-refractivity contribution in [1.29, 1.82) is 0 Å². The molecular formula is C18H23NO5. The molecule has 1 aromatic carbocycles. The number of fused-ring (bicyclic) bond motifs is 2. The van der Waals surface area contributed by atoms with Crippen molar-refractivity contribution >= 4 is 17.6 Å². The van der Waals surface area contributed by atoms with Crippen molar-refractivity contribution in [2.75, 3.05) is 19.5 Å². The molecule has 2 fully saturated rings. The third kappa shape index (κ3) is 3.18. The van der Waals surface area contributed by atoms with Crippen LogP contribution in [0, 0.1) is 17.8 Å². The van der Waals surface area contributed by atoms with E-state index in [1.165, 1.54) is 45.6 Å². The van der Waals surface area contributed by atoms with Gasteiger partial charge in [-0.05, 0) is 37.0 Å². The molecule has 6 nitrogen and oxygen atoms in total. The predicted molar refractivity (Wildman–Crippen MR) is 88.7 cm³/mol. The highest BCUT2D eigenvalue weighted by Crippen LogP contribution is 2.49. The van der Waals surface area contributed by atoms with Crippen molar-refractivity contribution in [3.05, 3.63) is 17.7 Å². The van der Waals surface area contributed by atoms with Crippen LogP contribution < -0.4 is 14.8 Å². The number of hydrogen-bond acceptors (Lipinski definition) is 4. The molecule has 0 heterocycles. The van der Waals surface area contributed by atoms with Crippen LogP contribution in [-0.4, -0.2) is 31.2 Å². The number of carboxylic acid groups (broad SMARTS) is 1. The van der Waals surface area contributed by atoms with Crippen molar-refractivity contribution in [3.63, 3.8) is 0 Å². The van der Waals surface area contributed by atoms with Crippen LogP contribution in [-0.2, 0) is 4.79 Å². The van der Waals surface area contributed by atoms with E-state index in [2.05, 4.69) is 5.32 Å². The molecule has 0 aliphatic heterocycles. The first kappa shape index (κ1) is 16.6. The molecule has 3 rings (SSSR count). The summed E-state index contributed by atoms with van der Waals surface area (Å²) in [7, 11) is 2.91. The van der Waals surface area contributed by atoms with Gasteiger partial charge in [0.15, 0.2) is 11.5 Å². The molecular weight excluding hydrogens is 310 g/mol. The number of amides is 1. The second-order valence-corrected chi connectivity index (χ2v) is 6.75. The number of carbonyl (C=O) groups excluding carboxylic acids is 1. The van der Waals surface area contributed by atoms with Crippen molar-refractivity contribution in [1.82, 2.24) is 0 Å². The number of carbonyl (C=O) groups is 2. The highest BCUT2D eigenvalue weighted by molar-refractivity contribution is 6.01. The Morgan fingerprint density at radius 3 is 2.42 bits per heavy atom. The number of benzene rings is 1. The second-order valence-electron chi connectivity index (χ2n) is 6.75. The Kier molecular flexibility index (Phi) is 4.64. The van der Waals surface area contributed by atoms with Crippen molar-refractivity contribution in [2.24, 2.45) is 17.8 Å². The average Bonchev–Trinajstić information content (AvgIpc) is 3.16. The Morgan fingerprint density at radius 1 is 1.17 bits per heavy atom. The van der Waals surface area contributed by atoms with Crippen LogP contribution in [0.5, 0.6) is 11.5 Å². The second kappa shape index (κ2) is 6.71. The molecule has 1 aromatic rings. The summed E-state index contributed by atoms with van der Waals surface area (Å²) in [4.78, 5) is 23.9. The molecule has 2 saturated carbocycles. The van der Waals surface area contributed by atoms with E-state index < -0.39 is 5.97 Å². The molecule has 24 heavy (non-hydrogen) atoms. The van der Waals surface area contributed by atoms with Gasteiger partial charge in [-0.3, -0.25) is 4.79 Å². The van der Waals surface area contributed by atoms with Crippen LogP contribution in [0.3, 0.4) is 0 Å². The molecule has 0 saturated heterocycles. The van der Waals surface area contributed by atoms with Gasteiger partial charge in [-0.1, -0.05) is 6.42 Å². The van der Waals surface area contributed by atoms with E-state index in [1.54, 1.807) is 0 Å². The highest BCUT2D eigenvalue weighted by Gasteiger charge is 2.40. The van der Waals surface area contributed by atoms with Gasteiger partial charge in [0, 0.05) is 18.6 Å². The zero-order chi connectivity index (χ0) is 17.3. The summed E-state index contributed by atoms with van der Waals surface area (Å²) in [6.45, 7) is 0. The summed E-state index contributed by atoms with van der Waals surface area (Å²) in [5, 5.41) is 12.1. The first-order valence-corrected chi connectivity index (χ1v) is 8.31. The molecule has 1 amide bonds. The Hall–Kier alpha value is -2.24. The van der Waals surface area contributed by atoms with Crippen LogP contribution in [0.2, 0.25) is 0 Å². The maximum absolute atomic E-state index is 12.4. The third-order valence-corrected chi connectivity index (χ3v) is 5.36. The molecule has 0 unspecified atom stereocenters. The lowest BCUT2D eigenvalue weighted by atomic mass is 9.86. The number of hydrogen-bond donors (Lipinski definition) is 2. The molecule has 2 bridgehead atoms. The quantitative estimate of drug-likeness (QED) is 0.835. The standard InChI is InChI=1S/C18H23NO5/c1-23-15-8-13(18(21)22)14(9-16(15)24-2)19-17(20)7-12-6-10-3-4-11(12)5-10/h8-12H,3-7H2,1-2H3,(H,19,20)(H,21,22)/t10-,11-,12+/m0/s1. The largest absolute Gasteiger partial charge is 0.493 e. The van der Waals surface area contributed by atoms with E-state index in [9.17, 15) is 14.7 Å². The van der Waals surface area contributed by atoms with E-state index in [0.717, 1.165) is 12.3 Å². The monoisotopic (exact) mass is 333 g/mol. The van der Waals surface area contributed by atoms with Gasteiger partial charge in [-0.15, -0.1) is 0 Å². The summed E-state index contributed by atoms with van der Waals surface area (Å²) in [5.41, 5.74) is 0.238. The molecule has 0 aromatic heterocycles.